The van der Waals surface area contributed by atoms with E-state index < -0.39 is 0 Å². The molecule has 1 N–H and O–H groups in total. The van der Waals surface area contributed by atoms with E-state index >= 15 is 0 Å². The molecule has 2 aromatic rings. The van der Waals surface area contributed by atoms with E-state index in [2.05, 4.69) is 53.9 Å². The van der Waals surface area contributed by atoms with Gasteiger partial charge in [-0.15, -0.1) is 0 Å². The SMILES string of the molecule is CC(C)C[C@H](NC(=O)c1ccc(I)cc1)c1ccccc1. The summed E-state index contributed by atoms with van der Waals surface area (Å²) < 4.78 is 1.13. The summed E-state index contributed by atoms with van der Waals surface area (Å²) in [5.74, 6) is 0.508. The average molecular weight is 393 g/mol. The highest BCUT2D eigenvalue weighted by molar-refractivity contribution is 14.1. The lowest BCUT2D eigenvalue weighted by molar-refractivity contribution is 0.0932. The molecule has 0 saturated carbocycles. The number of carbonyl (C=O) groups excluding carboxylic acids is 1. The molecule has 0 aromatic heterocycles. The smallest absolute Gasteiger partial charge is 0.251 e. The third kappa shape index (κ3) is 4.84. The van der Waals surface area contributed by atoms with Gasteiger partial charge >= 0.3 is 0 Å². The van der Waals surface area contributed by atoms with Gasteiger partial charge in [0.05, 0.1) is 6.04 Å². The molecule has 1 amide bonds. The Balaban J connectivity index is 2.15. The van der Waals surface area contributed by atoms with Crippen molar-refractivity contribution < 1.29 is 4.79 Å². The Morgan fingerprint density at radius 3 is 2.24 bits per heavy atom. The molecule has 0 heterocycles. The molecular weight excluding hydrogens is 373 g/mol. The number of hydrogen-bond acceptors (Lipinski definition) is 1. The summed E-state index contributed by atoms with van der Waals surface area (Å²) in [6, 6.07) is 17.9. The van der Waals surface area contributed by atoms with Gasteiger partial charge in [-0.05, 0) is 64.8 Å². The van der Waals surface area contributed by atoms with Crippen LogP contribution < -0.4 is 5.32 Å². The molecule has 0 aliphatic carbocycles. The van der Waals surface area contributed by atoms with Crippen LogP contribution in [-0.4, -0.2) is 5.91 Å². The first-order valence-electron chi connectivity index (χ1n) is 7.17. The molecule has 2 nitrogen and oxygen atoms in total. The summed E-state index contributed by atoms with van der Waals surface area (Å²) in [6.07, 6.45) is 0.931. The van der Waals surface area contributed by atoms with Crippen molar-refractivity contribution in [2.45, 2.75) is 26.3 Å². The number of halogens is 1. The molecule has 0 fully saturated rings. The number of benzene rings is 2. The highest BCUT2D eigenvalue weighted by atomic mass is 127. The molecule has 2 aromatic carbocycles. The molecule has 1 atom stereocenters. The number of hydrogen-bond donors (Lipinski definition) is 1. The van der Waals surface area contributed by atoms with Crippen LogP contribution in [0.15, 0.2) is 54.6 Å². The molecule has 0 spiro atoms. The summed E-state index contributed by atoms with van der Waals surface area (Å²) in [5.41, 5.74) is 1.87. The minimum Gasteiger partial charge on any atom is -0.345 e. The van der Waals surface area contributed by atoms with Crippen LogP contribution in [0, 0.1) is 9.49 Å². The van der Waals surface area contributed by atoms with Gasteiger partial charge in [0.25, 0.3) is 5.91 Å². The fourth-order valence-electron chi connectivity index (χ4n) is 2.28. The van der Waals surface area contributed by atoms with Crippen LogP contribution in [0.4, 0.5) is 0 Å². The monoisotopic (exact) mass is 393 g/mol. The number of nitrogens with one attached hydrogen (secondary N) is 1. The minimum absolute atomic E-state index is 0.0131. The molecule has 0 aliphatic heterocycles. The predicted molar refractivity (Wildman–Crippen MR) is 95.3 cm³/mol. The quantitative estimate of drug-likeness (QED) is 0.726. The fourth-order valence-corrected chi connectivity index (χ4v) is 2.64. The summed E-state index contributed by atoms with van der Waals surface area (Å²) in [4.78, 5) is 12.4. The first kappa shape index (κ1) is 16.0. The van der Waals surface area contributed by atoms with Gasteiger partial charge in [0.2, 0.25) is 0 Å². The van der Waals surface area contributed by atoms with Crippen LogP contribution in [0.2, 0.25) is 0 Å². The van der Waals surface area contributed by atoms with E-state index in [1.807, 2.05) is 42.5 Å². The summed E-state index contributed by atoms with van der Waals surface area (Å²) in [5, 5.41) is 3.16. The Bertz CT molecular complexity index is 578. The fraction of sp³-hybridized carbons (Fsp3) is 0.278. The van der Waals surface area contributed by atoms with Gasteiger partial charge in [-0.2, -0.15) is 0 Å². The summed E-state index contributed by atoms with van der Waals surface area (Å²) in [6.45, 7) is 4.35. The number of carbonyl (C=O) groups is 1. The molecule has 0 unspecified atom stereocenters. The van der Waals surface area contributed by atoms with Crippen LogP contribution in [-0.2, 0) is 0 Å². The lowest BCUT2D eigenvalue weighted by Crippen LogP contribution is -2.29. The average Bonchev–Trinajstić information content (AvgIpc) is 2.47. The highest BCUT2D eigenvalue weighted by Gasteiger charge is 2.16. The van der Waals surface area contributed by atoms with E-state index in [9.17, 15) is 4.79 Å². The van der Waals surface area contributed by atoms with Crippen molar-refractivity contribution in [3.8, 4) is 0 Å². The van der Waals surface area contributed by atoms with E-state index in [-0.39, 0.29) is 11.9 Å². The van der Waals surface area contributed by atoms with Crippen LogP contribution in [0.5, 0.6) is 0 Å². The van der Waals surface area contributed by atoms with Gasteiger partial charge < -0.3 is 5.32 Å². The maximum atomic E-state index is 12.4. The van der Waals surface area contributed by atoms with Crippen molar-refractivity contribution >= 4 is 28.5 Å². The molecule has 0 bridgehead atoms. The van der Waals surface area contributed by atoms with E-state index in [1.165, 1.54) is 0 Å². The molecule has 0 saturated heterocycles. The maximum absolute atomic E-state index is 12.4. The van der Waals surface area contributed by atoms with Crippen molar-refractivity contribution in [3.63, 3.8) is 0 Å². The first-order valence-corrected chi connectivity index (χ1v) is 8.25. The standard InChI is InChI=1S/C18H20INO/c1-13(2)12-17(14-6-4-3-5-7-14)20-18(21)15-8-10-16(19)11-9-15/h3-11,13,17H,12H2,1-2H3,(H,20,21)/t17-/m0/s1. The van der Waals surface area contributed by atoms with Gasteiger partial charge in [0, 0.05) is 9.13 Å². The largest absolute Gasteiger partial charge is 0.345 e. The Morgan fingerprint density at radius 1 is 1.05 bits per heavy atom. The maximum Gasteiger partial charge on any atom is 0.251 e. The second-order valence-corrected chi connectivity index (χ2v) is 6.82. The Labute approximate surface area is 140 Å². The Hall–Kier alpha value is -1.36. The number of amides is 1. The van der Waals surface area contributed by atoms with Crippen molar-refractivity contribution in [1.29, 1.82) is 0 Å². The molecule has 0 aliphatic rings. The van der Waals surface area contributed by atoms with E-state index in [0.717, 1.165) is 15.6 Å². The van der Waals surface area contributed by atoms with Crippen LogP contribution in [0.1, 0.15) is 42.2 Å². The van der Waals surface area contributed by atoms with Gasteiger partial charge in [-0.25, -0.2) is 0 Å². The lowest BCUT2D eigenvalue weighted by atomic mass is 9.96. The summed E-state index contributed by atoms with van der Waals surface area (Å²) >= 11 is 2.24. The normalized spacial score (nSPS) is 12.2. The Kier molecular flexibility index (Phi) is 5.79. The van der Waals surface area contributed by atoms with Gasteiger partial charge in [0.15, 0.2) is 0 Å². The van der Waals surface area contributed by atoms with Crippen molar-refractivity contribution in [2.24, 2.45) is 5.92 Å². The van der Waals surface area contributed by atoms with Crippen LogP contribution in [0.25, 0.3) is 0 Å². The minimum atomic E-state index is -0.0131. The molecule has 2 rings (SSSR count). The molecular formula is C18H20INO. The molecule has 110 valence electrons. The molecule has 21 heavy (non-hydrogen) atoms. The van der Waals surface area contributed by atoms with E-state index in [0.29, 0.717) is 11.5 Å². The lowest BCUT2D eigenvalue weighted by Gasteiger charge is -2.21. The summed E-state index contributed by atoms with van der Waals surface area (Å²) in [7, 11) is 0. The predicted octanol–water partition coefficient (Wildman–Crippen LogP) is 4.81. The van der Waals surface area contributed by atoms with Gasteiger partial charge in [0.1, 0.15) is 0 Å². The molecule has 3 heteroatoms. The van der Waals surface area contributed by atoms with Crippen molar-refractivity contribution in [1.82, 2.24) is 5.32 Å². The van der Waals surface area contributed by atoms with Crippen LogP contribution >= 0.6 is 22.6 Å². The number of rotatable bonds is 5. The second kappa shape index (κ2) is 7.59. The van der Waals surface area contributed by atoms with E-state index in [4.69, 9.17) is 0 Å². The van der Waals surface area contributed by atoms with Gasteiger partial charge in [-0.1, -0.05) is 44.2 Å². The topological polar surface area (TPSA) is 29.1 Å². The molecule has 0 radical (unpaired) electrons. The van der Waals surface area contributed by atoms with Crippen molar-refractivity contribution in [2.75, 3.05) is 0 Å². The Morgan fingerprint density at radius 2 is 1.67 bits per heavy atom. The second-order valence-electron chi connectivity index (χ2n) is 5.57. The van der Waals surface area contributed by atoms with Crippen LogP contribution in [0.3, 0.4) is 0 Å². The van der Waals surface area contributed by atoms with E-state index in [1.54, 1.807) is 0 Å². The third-order valence-corrected chi connectivity index (χ3v) is 4.04. The van der Waals surface area contributed by atoms with Gasteiger partial charge in [-0.3, -0.25) is 4.79 Å². The van der Waals surface area contributed by atoms with Crippen molar-refractivity contribution in [3.05, 3.63) is 69.3 Å². The zero-order chi connectivity index (χ0) is 15.2. The highest BCUT2D eigenvalue weighted by Crippen LogP contribution is 2.21. The zero-order valence-corrected chi connectivity index (χ0v) is 14.5. The third-order valence-electron chi connectivity index (χ3n) is 3.32. The zero-order valence-electron chi connectivity index (χ0n) is 12.3. The first-order chi connectivity index (χ1) is 10.1.